The van der Waals surface area contributed by atoms with Crippen molar-refractivity contribution in [3.63, 3.8) is 0 Å². The predicted octanol–water partition coefficient (Wildman–Crippen LogP) is 6.10. The van der Waals surface area contributed by atoms with Crippen LogP contribution in [0.3, 0.4) is 0 Å². The van der Waals surface area contributed by atoms with Gasteiger partial charge >= 0.3 is 0 Å². The first-order valence-electron chi connectivity index (χ1n) is 8.95. The zero-order valence-corrected chi connectivity index (χ0v) is 14.9. The van der Waals surface area contributed by atoms with E-state index in [-0.39, 0.29) is 0 Å². The first-order chi connectivity index (χ1) is 12.8. The molecule has 0 bridgehead atoms. The highest BCUT2D eigenvalue weighted by atomic mass is 16.3. The van der Waals surface area contributed by atoms with Gasteiger partial charge in [-0.15, -0.1) is 0 Å². The molecule has 4 aromatic rings. The van der Waals surface area contributed by atoms with Crippen LogP contribution >= 0.6 is 0 Å². The van der Waals surface area contributed by atoms with Crippen molar-refractivity contribution in [3.05, 3.63) is 102 Å². The fraction of sp³-hybridized carbons (Fsp3) is 0.125. The van der Waals surface area contributed by atoms with Crippen LogP contribution in [-0.2, 0) is 12.8 Å². The van der Waals surface area contributed by atoms with E-state index < -0.39 is 0 Å². The maximum Gasteiger partial charge on any atom is 0.143 e. The number of aromatic nitrogens is 1. The van der Waals surface area contributed by atoms with Gasteiger partial charge in [-0.1, -0.05) is 60.7 Å². The van der Waals surface area contributed by atoms with Crippen LogP contribution in [0.2, 0.25) is 0 Å². The van der Waals surface area contributed by atoms with Crippen molar-refractivity contribution in [2.45, 2.75) is 19.8 Å². The Bertz CT molecular complexity index is 973. The lowest BCUT2D eigenvalue weighted by Crippen LogP contribution is -1.91. The summed E-state index contributed by atoms with van der Waals surface area (Å²) < 4.78 is 6.37. The van der Waals surface area contributed by atoms with Crippen LogP contribution in [0, 0.1) is 6.92 Å². The lowest BCUT2D eigenvalue weighted by atomic mass is 9.97. The van der Waals surface area contributed by atoms with Gasteiger partial charge in [-0.3, -0.25) is 4.98 Å². The van der Waals surface area contributed by atoms with E-state index >= 15 is 0 Å². The average molecular weight is 339 g/mol. The highest BCUT2D eigenvalue weighted by Crippen LogP contribution is 2.38. The van der Waals surface area contributed by atoms with Crippen molar-refractivity contribution in [2.75, 3.05) is 0 Å². The number of aryl methyl sites for hydroxylation is 2. The highest BCUT2D eigenvalue weighted by Gasteiger charge is 2.19. The molecule has 0 aliphatic heterocycles. The molecule has 2 nitrogen and oxygen atoms in total. The Morgan fingerprint density at radius 2 is 1.46 bits per heavy atom. The second kappa shape index (κ2) is 7.40. The molecule has 0 N–H and O–H groups in total. The van der Waals surface area contributed by atoms with Gasteiger partial charge < -0.3 is 4.42 Å². The summed E-state index contributed by atoms with van der Waals surface area (Å²) in [6, 6.07) is 25.0. The van der Waals surface area contributed by atoms with Gasteiger partial charge in [0.05, 0.1) is 0 Å². The number of benzene rings is 2. The predicted molar refractivity (Wildman–Crippen MR) is 106 cm³/mol. The van der Waals surface area contributed by atoms with Crippen LogP contribution in [0.1, 0.15) is 16.9 Å². The molecule has 2 heterocycles. The monoisotopic (exact) mass is 339 g/mol. The summed E-state index contributed by atoms with van der Waals surface area (Å²) in [4.78, 5) is 4.27. The van der Waals surface area contributed by atoms with E-state index in [2.05, 4.69) is 72.6 Å². The third-order valence-corrected chi connectivity index (χ3v) is 4.72. The average Bonchev–Trinajstić information content (AvgIpc) is 3.05. The minimum Gasteiger partial charge on any atom is -0.460 e. The molecule has 2 aromatic carbocycles. The summed E-state index contributed by atoms with van der Waals surface area (Å²) in [5.74, 6) is 1.96. The van der Waals surface area contributed by atoms with Crippen molar-refractivity contribution >= 4 is 0 Å². The third-order valence-electron chi connectivity index (χ3n) is 4.72. The molecule has 0 atom stereocenters. The van der Waals surface area contributed by atoms with Crippen LogP contribution in [0.15, 0.2) is 89.6 Å². The smallest absolute Gasteiger partial charge is 0.143 e. The van der Waals surface area contributed by atoms with Gasteiger partial charge in [0.1, 0.15) is 11.5 Å². The fourth-order valence-electron chi connectivity index (χ4n) is 3.35. The molecule has 0 fully saturated rings. The second-order valence-corrected chi connectivity index (χ2v) is 6.45. The lowest BCUT2D eigenvalue weighted by molar-refractivity contribution is 0.518. The van der Waals surface area contributed by atoms with Crippen LogP contribution in [0.5, 0.6) is 0 Å². The molecule has 2 heteroatoms. The summed E-state index contributed by atoms with van der Waals surface area (Å²) in [5.41, 5.74) is 5.90. The molecule has 0 spiro atoms. The summed E-state index contributed by atoms with van der Waals surface area (Å²) >= 11 is 0. The Kier molecular flexibility index (Phi) is 4.65. The van der Waals surface area contributed by atoms with Gasteiger partial charge in [0.25, 0.3) is 0 Å². The molecule has 0 amide bonds. The molecule has 0 saturated carbocycles. The zero-order valence-electron chi connectivity index (χ0n) is 14.9. The zero-order chi connectivity index (χ0) is 17.8. The van der Waals surface area contributed by atoms with E-state index in [0.29, 0.717) is 0 Å². The number of hydrogen-bond acceptors (Lipinski definition) is 2. The van der Waals surface area contributed by atoms with E-state index in [4.69, 9.17) is 4.42 Å². The highest BCUT2D eigenvalue weighted by molar-refractivity contribution is 5.82. The SMILES string of the molecule is Cc1c(CCc2ccccc2)oc(-c2cccnc2)c1-c1ccccc1. The lowest BCUT2D eigenvalue weighted by Gasteiger charge is -2.04. The van der Waals surface area contributed by atoms with Crippen molar-refractivity contribution in [2.24, 2.45) is 0 Å². The second-order valence-electron chi connectivity index (χ2n) is 6.45. The first kappa shape index (κ1) is 16.3. The third kappa shape index (κ3) is 3.31. The van der Waals surface area contributed by atoms with Gasteiger partial charge in [-0.05, 0) is 42.2 Å². The maximum absolute atomic E-state index is 6.37. The van der Waals surface area contributed by atoms with Gasteiger partial charge in [-0.25, -0.2) is 0 Å². The molecule has 4 rings (SSSR count). The molecule has 2 aromatic heterocycles. The van der Waals surface area contributed by atoms with Gasteiger partial charge in [0.2, 0.25) is 0 Å². The van der Waals surface area contributed by atoms with Crippen molar-refractivity contribution in [1.29, 1.82) is 0 Å². The van der Waals surface area contributed by atoms with E-state index in [0.717, 1.165) is 29.9 Å². The Balaban J connectivity index is 1.75. The van der Waals surface area contributed by atoms with E-state index in [1.165, 1.54) is 22.3 Å². The van der Waals surface area contributed by atoms with Crippen LogP contribution in [-0.4, -0.2) is 4.98 Å². The number of pyridine rings is 1. The number of hydrogen-bond donors (Lipinski definition) is 0. The molecule has 0 unspecified atom stereocenters. The van der Waals surface area contributed by atoms with Crippen molar-refractivity contribution in [1.82, 2.24) is 4.98 Å². The normalized spacial score (nSPS) is 10.8. The first-order valence-corrected chi connectivity index (χ1v) is 8.95. The topological polar surface area (TPSA) is 26.0 Å². The molecular formula is C24H21NO. The van der Waals surface area contributed by atoms with Crippen LogP contribution in [0.4, 0.5) is 0 Å². The molecule has 128 valence electrons. The van der Waals surface area contributed by atoms with Crippen molar-refractivity contribution < 1.29 is 4.42 Å². The van der Waals surface area contributed by atoms with E-state index in [1.54, 1.807) is 6.20 Å². The quantitative estimate of drug-likeness (QED) is 0.439. The minimum atomic E-state index is 0.885. The molecular weight excluding hydrogens is 318 g/mol. The Labute approximate surface area is 154 Å². The van der Waals surface area contributed by atoms with Crippen LogP contribution < -0.4 is 0 Å². The van der Waals surface area contributed by atoms with E-state index in [9.17, 15) is 0 Å². The number of rotatable bonds is 5. The van der Waals surface area contributed by atoms with Crippen molar-refractivity contribution in [3.8, 4) is 22.5 Å². The van der Waals surface area contributed by atoms with Crippen LogP contribution in [0.25, 0.3) is 22.5 Å². The fourth-order valence-corrected chi connectivity index (χ4v) is 3.35. The Morgan fingerprint density at radius 3 is 2.15 bits per heavy atom. The maximum atomic E-state index is 6.37. The van der Waals surface area contributed by atoms with E-state index in [1.807, 2.05) is 18.3 Å². The summed E-state index contributed by atoms with van der Waals surface area (Å²) in [5, 5.41) is 0. The summed E-state index contributed by atoms with van der Waals surface area (Å²) in [7, 11) is 0. The molecule has 26 heavy (non-hydrogen) atoms. The Hall–Kier alpha value is -3.13. The van der Waals surface area contributed by atoms with Gasteiger partial charge in [0, 0.05) is 29.9 Å². The molecule has 0 aliphatic carbocycles. The summed E-state index contributed by atoms with van der Waals surface area (Å²) in [6.45, 7) is 2.16. The van der Waals surface area contributed by atoms with Gasteiger partial charge in [0.15, 0.2) is 0 Å². The van der Waals surface area contributed by atoms with Gasteiger partial charge in [-0.2, -0.15) is 0 Å². The largest absolute Gasteiger partial charge is 0.460 e. The molecule has 0 aliphatic rings. The molecule has 0 saturated heterocycles. The number of furan rings is 1. The molecule has 0 radical (unpaired) electrons. The minimum absolute atomic E-state index is 0.885. The summed E-state index contributed by atoms with van der Waals surface area (Å²) in [6.07, 6.45) is 5.51. The number of nitrogens with zero attached hydrogens (tertiary/aromatic N) is 1. The Morgan fingerprint density at radius 1 is 0.769 bits per heavy atom. The standard InChI is InChI=1S/C24H21NO/c1-18-22(15-14-19-9-4-2-5-10-19)26-24(21-13-8-16-25-17-21)23(18)20-11-6-3-7-12-20/h2-13,16-17H,14-15H2,1H3.